The molecule has 0 unspecified atom stereocenters. The first-order valence-corrected chi connectivity index (χ1v) is 5.44. The fourth-order valence-electron chi connectivity index (χ4n) is 1.80. The smallest absolute Gasteiger partial charge is 0.150 e. The molecule has 0 fully saturated rings. The van der Waals surface area contributed by atoms with Gasteiger partial charge in [0.15, 0.2) is 6.29 Å². The van der Waals surface area contributed by atoms with Gasteiger partial charge in [-0.1, -0.05) is 24.3 Å². The zero-order valence-electron chi connectivity index (χ0n) is 9.83. The first kappa shape index (κ1) is 11.5. The summed E-state index contributed by atoms with van der Waals surface area (Å²) in [6.45, 7) is 4.05. The van der Waals surface area contributed by atoms with Gasteiger partial charge in [-0.05, 0) is 48.2 Å². The van der Waals surface area contributed by atoms with Crippen molar-refractivity contribution in [3.05, 3.63) is 58.9 Å². The maximum Gasteiger partial charge on any atom is 0.150 e. The van der Waals surface area contributed by atoms with E-state index in [1.54, 1.807) is 6.07 Å². The second-order valence-corrected chi connectivity index (χ2v) is 4.15. The Kier molecular flexibility index (Phi) is 3.05. The van der Waals surface area contributed by atoms with E-state index in [4.69, 9.17) is 0 Å². The summed E-state index contributed by atoms with van der Waals surface area (Å²) in [6.07, 6.45) is 0.688. The number of carbonyl (C=O) groups is 1. The van der Waals surface area contributed by atoms with Gasteiger partial charge in [-0.3, -0.25) is 4.79 Å². The number of benzene rings is 2. The van der Waals surface area contributed by atoms with Crippen LogP contribution in [-0.4, -0.2) is 6.29 Å². The fourth-order valence-corrected chi connectivity index (χ4v) is 1.80. The lowest BCUT2D eigenvalue weighted by molar-refractivity contribution is 0.112. The van der Waals surface area contributed by atoms with E-state index >= 15 is 0 Å². The van der Waals surface area contributed by atoms with Crippen LogP contribution in [0.25, 0.3) is 11.1 Å². The first-order valence-electron chi connectivity index (χ1n) is 5.44. The Morgan fingerprint density at radius 2 is 1.76 bits per heavy atom. The van der Waals surface area contributed by atoms with Crippen LogP contribution in [0.1, 0.15) is 21.5 Å². The van der Waals surface area contributed by atoms with Crippen molar-refractivity contribution in [1.82, 2.24) is 0 Å². The molecule has 2 heteroatoms. The van der Waals surface area contributed by atoms with E-state index in [0.717, 1.165) is 16.7 Å². The Morgan fingerprint density at radius 1 is 1.00 bits per heavy atom. The number of aryl methyl sites for hydroxylation is 2. The lowest BCUT2D eigenvalue weighted by atomic mass is 9.97. The van der Waals surface area contributed by atoms with Crippen LogP contribution in [0.15, 0.2) is 36.4 Å². The highest BCUT2D eigenvalue weighted by Crippen LogP contribution is 2.25. The van der Waals surface area contributed by atoms with Crippen molar-refractivity contribution in [3.63, 3.8) is 0 Å². The largest absolute Gasteiger partial charge is 0.298 e. The average Bonchev–Trinajstić information content (AvgIpc) is 2.32. The summed E-state index contributed by atoms with van der Waals surface area (Å²) in [7, 11) is 0. The summed E-state index contributed by atoms with van der Waals surface area (Å²) in [6, 6.07) is 10.2. The van der Waals surface area contributed by atoms with Gasteiger partial charge in [-0.25, -0.2) is 4.39 Å². The van der Waals surface area contributed by atoms with E-state index in [0.29, 0.717) is 11.8 Å². The Bertz CT molecular complexity index is 573. The fraction of sp³-hybridized carbons (Fsp3) is 0.133. The molecule has 0 saturated heterocycles. The van der Waals surface area contributed by atoms with Gasteiger partial charge < -0.3 is 0 Å². The van der Waals surface area contributed by atoms with Crippen molar-refractivity contribution < 1.29 is 9.18 Å². The van der Waals surface area contributed by atoms with E-state index in [2.05, 4.69) is 0 Å². The molecule has 0 saturated carbocycles. The number of carbonyl (C=O) groups excluding carboxylic acids is 1. The Labute approximate surface area is 99.9 Å². The predicted octanol–water partition coefficient (Wildman–Crippen LogP) is 3.92. The van der Waals surface area contributed by atoms with Crippen LogP contribution in [0.2, 0.25) is 0 Å². The van der Waals surface area contributed by atoms with Crippen molar-refractivity contribution in [2.24, 2.45) is 0 Å². The van der Waals surface area contributed by atoms with Gasteiger partial charge in [0.2, 0.25) is 0 Å². The first-order chi connectivity index (χ1) is 8.11. The molecule has 86 valence electrons. The lowest BCUT2D eigenvalue weighted by Crippen LogP contribution is -1.90. The van der Waals surface area contributed by atoms with Crippen LogP contribution in [0.4, 0.5) is 4.39 Å². The molecule has 0 spiro atoms. The van der Waals surface area contributed by atoms with Crippen LogP contribution < -0.4 is 0 Å². The number of hydrogen-bond donors (Lipinski definition) is 0. The van der Waals surface area contributed by atoms with Gasteiger partial charge in [0.05, 0.1) is 0 Å². The third kappa shape index (κ3) is 2.26. The van der Waals surface area contributed by atoms with E-state index < -0.39 is 0 Å². The molecule has 2 aromatic rings. The van der Waals surface area contributed by atoms with Crippen molar-refractivity contribution in [1.29, 1.82) is 0 Å². The lowest BCUT2D eigenvalue weighted by Gasteiger charge is -2.08. The van der Waals surface area contributed by atoms with Crippen LogP contribution in [0.3, 0.4) is 0 Å². The Hall–Kier alpha value is -1.96. The SMILES string of the molecule is Cc1ccc(-c2ccc(F)cc2C=O)cc1C. The van der Waals surface area contributed by atoms with Gasteiger partial charge in [0, 0.05) is 5.56 Å². The molecular formula is C15H13FO. The van der Waals surface area contributed by atoms with Crippen molar-refractivity contribution >= 4 is 6.29 Å². The summed E-state index contributed by atoms with van der Waals surface area (Å²) >= 11 is 0. The topological polar surface area (TPSA) is 17.1 Å². The summed E-state index contributed by atoms with van der Waals surface area (Å²) < 4.78 is 13.0. The van der Waals surface area contributed by atoms with E-state index in [1.807, 2.05) is 32.0 Å². The van der Waals surface area contributed by atoms with E-state index in [-0.39, 0.29) is 5.82 Å². The van der Waals surface area contributed by atoms with Crippen LogP contribution in [-0.2, 0) is 0 Å². The standard InChI is InChI=1S/C15H13FO/c1-10-3-4-12(7-11(10)2)15-6-5-14(16)8-13(15)9-17/h3-9H,1-2H3. The molecule has 0 heterocycles. The van der Waals surface area contributed by atoms with E-state index in [1.165, 1.54) is 17.7 Å². The second-order valence-electron chi connectivity index (χ2n) is 4.15. The highest BCUT2D eigenvalue weighted by atomic mass is 19.1. The molecule has 0 amide bonds. The summed E-state index contributed by atoms with van der Waals surface area (Å²) in [4.78, 5) is 10.9. The van der Waals surface area contributed by atoms with Crippen LogP contribution >= 0.6 is 0 Å². The molecule has 1 nitrogen and oxygen atoms in total. The van der Waals surface area contributed by atoms with Gasteiger partial charge in [0.1, 0.15) is 5.82 Å². The minimum atomic E-state index is -0.389. The molecule has 0 aliphatic heterocycles. The molecule has 0 bridgehead atoms. The third-order valence-electron chi connectivity index (χ3n) is 2.96. The summed E-state index contributed by atoms with van der Waals surface area (Å²) in [5.74, 6) is -0.389. The molecule has 0 aliphatic rings. The van der Waals surface area contributed by atoms with Gasteiger partial charge in [0.25, 0.3) is 0 Å². The van der Waals surface area contributed by atoms with Crippen molar-refractivity contribution in [2.75, 3.05) is 0 Å². The maximum absolute atomic E-state index is 13.0. The van der Waals surface area contributed by atoms with Crippen molar-refractivity contribution in [3.8, 4) is 11.1 Å². The third-order valence-corrected chi connectivity index (χ3v) is 2.96. The zero-order valence-corrected chi connectivity index (χ0v) is 9.83. The van der Waals surface area contributed by atoms with E-state index in [9.17, 15) is 9.18 Å². The molecule has 0 radical (unpaired) electrons. The van der Waals surface area contributed by atoms with Crippen LogP contribution in [0.5, 0.6) is 0 Å². The molecule has 0 aromatic heterocycles. The summed E-state index contributed by atoms with van der Waals surface area (Å²) in [5, 5.41) is 0. The molecule has 0 atom stereocenters. The molecule has 2 rings (SSSR count). The van der Waals surface area contributed by atoms with Gasteiger partial charge >= 0.3 is 0 Å². The number of hydrogen-bond acceptors (Lipinski definition) is 1. The minimum absolute atomic E-state index is 0.383. The number of halogens is 1. The normalized spacial score (nSPS) is 10.3. The molecular weight excluding hydrogens is 215 g/mol. The molecule has 0 aliphatic carbocycles. The summed E-state index contributed by atoms with van der Waals surface area (Å²) in [5.41, 5.74) is 4.44. The maximum atomic E-state index is 13.0. The monoisotopic (exact) mass is 228 g/mol. The molecule has 17 heavy (non-hydrogen) atoms. The second kappa shape index (κ2) is 4.50. The van der Waals surface area contributed by atoms with Gasteiger partial charge in [-0.15, -0.1) is 0 Å². The van der Waals surface area contributed by atoms with Crippen LogP contribution in [0, 0.1) is 19.7 Å². The average molecular weight is 228 g/mol. The highest BCUT2D eigenvalue weighted by Gasteiger charge is 2.06. The zero-order chi connectivity index (χ0) is 12.4. The predicted molar refractivity (Wildman–Crippen MR) is 66.7 cm³/mol. The number of rotatable bonds is 2. The van der Waals surface area contributed by atoms with Crippen molar-refractivity contribution in [2.45, 2.75) is 13.8 Å². The quantitative estimate of drug-likeness (QED) is 0.712. The van der Waals surface area contributed by atoms with Gasteiger partial charge in [-0.2, -0.15) is 0 Å². The molecule has 2 aromatic carbocycles. The highest BCUT2D eigenvalue weighted by molar-refractivity contribution is 5.87. The molecule has 0 N–H and O–H groups in total. The number of aldehydes is 1. The minimum Gasteiger partial charge on any atom is -0.298 e. The Balaban J connectivity index is 2.59. The Morgan fingerprint density at radius 3 is 2.41 bits per heavy atom.